The third-order valence-electron chi connectivity index (χ3n) is 6.89. The molecule has 6 heteroatoms. The van der Waals surface area contributed by atoms with Crippen molar-refractivity contribution in [2.75, 3.05) is 13.1 Å². The second kappa shape index (κ2) is 12.4. The molecule has 5 nitrogen and oxygen atoms in total. The van der Waals surface area contributed by atoms with Crippen molar-refractivity contribution in [3.63, 3.8) is 0 Å². The predicted octanol–water partition coefficient (Wildman–Crippen LogP) is 6.01. The summed E-state index contributed by atoms with van der Waals surface area (Å²) < 4.78 is 15.5. The van der Waals surface area contributed by atoms with Gasteiger partial charge in [0.05, 0.1) is 13.1 Å². The number of amides is 2. The molecule has 2 aromatic rings. The van der Waals surface area contributed by atoms with E-state index in [0.29, 0.717) is 19.6 Å². The van der Waals surface area contributed by atoms with Crippen LogP contribution >= 0.6 is 0 Å². The molecule has 1 heterocycles. The van der Waals surface area contributed by atoms with Gasteiger partial charge in [0.15, 0.2) is 0 Å². The van der Waals surface area contributed by atoms with Crippen LogP contribution in [0.4, 0.5) is 4.39 Å². The molecule has 0 unspecified atom stereocenters. The number of halogens is 1. The zero-order valence-electron chi connectivity index (χ0n) is 21.9. The second-order valence-electron chi connectivity index (χ2n) is 10.9. The van der Waals surface area contributed by atoms with Crippen molar-refractivity contribution < 1.29 is 14.0 Å². The van der Waals surface area contributed by atoms with E-state index in [-0.39, 0.29) is 30.2 Å². The highest BCUT2D eigenvalue weighted by Gasteiger charge is 2.32. The highest BCUT2D eigenvalue weighted by Crippen LogP contribution is 2.26. The summed E-state index contributed by atoms with van der Waals surface area (Å²) in [6.07, 6.45) is 9.37. The molecule has 0 bridgehead atoms. The van der Waals surface area contributed by atoms with E-state index >= 15 is 0 Å². The lowest BCUT2D eigenvalue weighted by Crippen LogP contribution is -2.49. The Kier molecular flexibility index (Phi) is 9.53. The van der Waals surface area contributed by atoms with E-state index in [1.807, 2.05) is 37.9 Å². The van der Waals surface area contributed by atoms with Crippen molar-refractivity contribution in [2.24, 2.45) is 5.41 Å². The van der Waals surface area contributed by atoms with Crippen LogP contribution in [0, 0.1) is 11.2 Å². The number of carbonyl (C=O) groups is 2. The molecule has 1 aromatic heterocycles. The van der Waals surface area contributed by atoms with Crippen LogP contribution in [0.25, 0.3) is 0 Å². The van der Waals surface area contributed by atoms with Gasteiger partial charge in [-0.25, -0.2) is 4.39 Å². The molecule has 192 valence electrons. The molecule has 0 atom stereocenters. The molecule has 3 rings (SSSR count). The SMILES string of the molecule is CCCCN(CC(=O)N(Cc1cccn1Cc1ccc(F)cc1)C1CCCCC1)C(=O)C(C)(C)C. The highest BCUT2D eigenvalue weighted by atomic mass is 19.1. The minimum absolute atomic E-state index is 0.0279. The molecule has 1 aliphatic carbocycles. The zero-order chi connectivity index (χ0) is 25.4. The molecule has 1 aromatic carbocycles. The zero-order valence-corrected chi connectivity index (χ0v) is 21.9. The number of carbonyl (C=O) groups excluding carboxylic acids is 2. The molecule has 0 aliphatic heterocycles. The fourth-order valence-corrected chi connectivity index (χ4v) is 4.85. The Labute approximate surface area is 210 Å². The molecule has 1 saturated carbocycles. The van der Waals surface area contributed by atoms with E-state index in [2.05, 4.69) is 17.6 Å². The van der Waals surface area contributed by atoms with Gasteiger partial charge in [-0.05, 0) is 49.1 Å². The number of rotatable bonds is 10. The Morgan fingerprint density at radius 1 is 1.06 bits per heavy atom. The van der Waals surface area contributed by atoms with Gasteiger partial charge in [-0.2, -0.15) is 0 Å². The summed E-state index contributed by atoms with van der Waals surface area (Å²) in [6, 6.07) is 10.8. The topological polar surface area (TPSA) is 45.6 Å². The third kappa shape index (κ3) is 7.68. The maximum atomic E-state index is 13.8. The summed E-state index contributed by atoms with van der Waals surface area (Å²) in [5.41, 5.74) is 1.55. The van der Waals surface area contributed by atoms with Crippen LogP contribution in [0.5, 0.6) is 0 Å². The predicted molar refractivity (Wildman–Crippen MR) is 138 cm³/mol. The quantitative estimate of drug-likeness (QED) is 0.415. The Bertz CT molecular complexity index is 955. The van der Waals surface area contributed by atoms with Gasteiger partial charge in [-0.1, -0.05) is 65.5 Å². The van der Waals surface area contributed by atoms with Crippen molar-refractivity contribution in [3.05, 3.63) is 59.7 Å². The number of hydrogen-bond donors (Lipinski definition) is 0. The standard InChI is InChI=1S/C29H42FN3O2/c1-5-6-18-32(28(35)29(2,3)4)22-27(34)33(25-11-8-7-9-12-25)21-26-13-10-19-31(26)20-23-14-16-24(30)17-15-23/h10,13-17,19,25H,5-9,11-12,18,20-22H2,1-4H3. The molecule has 0 N–H and O–H groups in total. The van der Waals surface area contributed by atoms with E-state index in [1.165, 1.54) is 18.6 Å². The van der Waals surface area contributed by atoms with Gasteiger partial charge in [0.25, 0.3) is 0 Å². The van der Waals surface area contributed by atoms with Crippen LogP contribution in [0.1, 0.15) is 83.9 Å². The fourth-order valence-electron chi connectivity index (χ4n) is 4.85. The first-order valence-electron chi connectivity index (χ1n) is 13.2. The molecular formula is C29H42FN3O2. The van der Waals surface area contributed by atoms with E-state index in [9.17, 15) is 14.0 Å². The Hall–Kier alpha value is -2.63. The first-order chi connectivity index (χ1) is 16.7. The molecular weight excluding hydrogens is 441 g/mol. The average Bonchev–Trinajstić information content (AvgIpc) is 3.27. The first-order valence-corrected chi connectivity index (χ1v) is 13.2. The largest absolute Gasteiger partial charge is 0.345 e. The molecule has 35 heavy (non-hydrogen) atoms. The summed E-state index contributed by atoms with van der Waals surface area (Å²) in [7, 11) is 0. The molecule has 1 aliphatic rings. The van der Waals surface area contributed by atoms with Gasteiger partial charge >= 0.3 is 0 Å². The van der Waals surface area contributed by atoms with E-state index in [4.69, 9.17) is 0 Å². The molecule has 1 fully saturated rings. The van der Waals surface area contributed by atoms with E-state index in [1.54, 1.807) is 17.0 Å². The lowest BCUT2D eigenvalue weighted by atomic mass is 9.93. The van der Waals surface area contributed by atoms with Gasteiger partial charge in [0.1, 0.15) is 5.82 Å². The third-order valence-corrected chi connectivity index (χ3v) is 6.89. The van der Waals surface area contributed by atoms with Crippen molar-refractivity contribution in [3.8, 4) is 0 Å². The molecule has 0 spiro atoms. The van der Waals surface area contributed by atoms with Gasteiger partial charge in [0, 0.05) is 36.4 Å². The number of benzene rings is 1. The summed E-state index contributed by atoms with van der Waals surface area (Å²) >= 11 is 0. The minimum atomic E-state index is -0.520. The number of aromatic nitrogens is 1. The maximum Gasteiger partial charge on any atom is 0.242 e. The summed E-state index contributed by atoms with van der Waals surface area (Å²) in [4.78, 5) is 30.7. The highest BCUT2D eigenvalue weighted by molar-refractivity contribution is 5.87. The monoisotopic (exact) mass is 483 g/mol. The molecule has 0 radical (unpaired) electrons. The Morgan fingerprint density at radius 2 is 1.74 bits per heavy atom. The summed E-state index contributed by atoms with van der Waals surface area (Å²) in [6.45, 7) is 9.73. The maximum absolute atomic E-state index is 13.8. The number of hydrogen-bond acceptors (Lipinski definition) is 2. The van der Waals surface area contributed by atoms with Crippen molar-refractivity contribution in [1.82, 2.24) is 14.4 Å². The van der Waals surface area contributed by atoms with Crippen molar-refractivity contribution in [2.45, 2.75) is 91.8 Å². The normalized spacial score (nSPS) is 14.7. The smallest absolute Gasteiger partial charge is 0.242 e. The Morgan fingerprint density at radius 3 is 2.37 bits per heavy atom. The number of unbranched alkanes of at least 4 members (excludes halogenated alkanes) is 1. The van der Waals surface area contributed by atoms with Crippen LogP contribution < -0.4 is 0 Å². The van der Waals surface area contributed by atoms with Crippen LogP contribution in [0.2, 0.25) is 0 Å². The van der Waals surface area contributed by atoms with E-state index < -0.39 is 5.41 Å². The van der Waals surface area contributed by atoms with Crippen LogP contribution in [0.3, 0.4) is 0 Å². The van der Waals surface area contributed by atoms with Crippen molar-refractivity contribution in [1.29, 1.82) is 0 Å². The molecule has 0 saturated heterocycles. The fraction of sp³-hybridized carbons (Fsp3) is 0.586. The van der Waals surface area contributed by atoms with Gasteiger partial charge < -0.3 is 14.4 Å². The van der Waals surface area contributed by atoms with Crippen LogP contribution in [-0.4, -0.2) is 45.3 Å². The van der Waals surface area contributed by atoms with Crippen LogP contribution in [0.15, 0.2) is 42.6 Å². The van der Waals surface area contributed by atoms with Gasteiger partial charge in [0.2, 0.25) is 11.8 Å². The van der Waals surface area contributed by atoms with Gasteiger partial charge in [-0.3, -0.25) is 9.59 Å². The average molecular weight is 484 g/mol. The van der Waals surface area contributed by atoms with E-state index in [0.717, 1.165) is 49.8 Å². The lowest BCUT2D eigenvalue weighted by molar-refractivity contribution is -0.147. The van der Waals surface area contributed by atoms with Crippen molar-refractivity contribution >= 4 is 11.8 Å². The molecule has 2 amide bonds. The lowest BCUT2D eigenvalue weighted by Gasteiger charge is -2.37. The Balaban J connectivity index is 1.80. The first kappa shape index (κ1) is 27.0. The van der Waals surface area contributed by atoms with Gasteiger partial charge in [-0.15, -0.1) is 0 Å². The summed E-state index contributed by atoms with van der Waals surface area (Å²) in [5.74, 6) is -0.185. The minimum Gasteiger partial charge on any atom is -0.345 e. The number of nitrogens with zero attached hydrogens (tertiary/aromatic N) is 3. The summed E-state index contributed by atoms with van der Waals surface area (Å²) in [5, 5.41) is 0. The second-order valence-corrected chi connectivity index (χ2v) is 10.9. The van der Waals surface area contributed by atoms with Crippen LogP contribution in [-0.2, 0) is 22.7 Å².